The summed E-state index contributed by atoms with van der Waals surface area (Å²) < 4.78 is 6.21. The molecule has 0 bridgehead atoms. The average molecular weight is 247 g/mol. The number of ether oxygens (including phenoxy) is 1. The van der Waals surface area contributed by atoms with Crippen molar-refractivity contribution in [1.82, 2.24) is 5.32 Å². The number of benzene rings is 1. The molecule has 2 nitrogen and oxygen atoms in total. The lowest BCUT2D eigenvalue weighted by atomic mass is 9.79. The topological polar surface area (TPSA) is 21.3 Å². The van der Waals surface area contributed by atoms with E-state index in [1.807, 2.05) is 7.05 Å². The van der Waals surface area contributed by atoms with Crippen LogP contribution in [0.5, 0.6) is 0 Å². The van der Waals surface area contributed by atoms with Gasteiger partial charge in [-0.2, -0.15) is 0 Å². The third-order valence-corrected chi connectivity index (χ3v) is 4.02. The van der Waals surface area contributed by atoms with Gasteiger partial charge in [-0.3, -0.25) is 0 Å². The lowest BCUT2D eigenvalue weighted by Crippen LogP contribution is -2.37. The third kappa shape index (κ3) is 2.60. The number of nitrogens with one attached hydrogen (secondary N) is 1. The minimum Gasteiger partial charge on any atom is -0.369 e. The van der Waals surface area contributed by atoms with Crippen LogP contribution in [0.2, 0.25) is 0 Å². The highest BCUT2D eigenvalue weighted by Crippen LogP contribution is 2.47. The van der Waals surface area contributed by atoms with Gasteiger partial charge < -0.3 is 10.1 Å². The monoisotopic (exact) mass is 247 g/mol. The largest absolute Gasteiger partial charge is 0.369 e. The summed E-state index contributed by atoms with van der Waals surface area (Å²) in [4.78, 5) is 0. The van der Waals surface area contributed by atoms with Gasteiger partial charge in [-0.25, -0.2) is 0 Å². The lowest BCUT2D eigenvalue weighted by molar-refractivity contribution is -0.0776. The van der Waals surface area contributed by atoms with Crippen molar-refractivity contribution in [3.63, 3.8) is 0 Å². The minimum atomic E-state index is -0.0903. The van der Waals surface area contributed by atoms with Gasteiger partial charge in [0, 0.05) is 12.0 Å². The van der Waals surface area contributed by atoms with Crippen molar-refractivity contribution in [3.05, 3.63) is 35.9 Å². The first-order valence-corrected chi connectivity index (χ1v) is 6.78. The van der Waals surface area contributed by atoms with Gasteiger partial charge in [0.1, 0.15) is 0 Å². The van der Waals surface area contributed by atoms with Crippen LogP contribution in [0.25, 0.3) is 0 Å². The minimum absolute atomic E-state index is 0.0297. The van der Waals surface area contributed by atoms with Crippen LogP contribution in [0.3, 0.4) is 0 Å². The summed E-state index contributed by atoms with van der Waals surface area (Å²) in [7, 11) is 2.04. The fourth-order valence-corrected chi connectivity index (χ4v) is 3.38. The number of rotatable bonds is 3. The van der Waals surface area contributed by atoms with Gasteiger partial charge in [0.15, 0.2) is 0 Å². The Hall–Kier alpha value is -0.860. The van der Waals surface area contributed by atoms with E-state index in [1.54, 1.807) is 0 Å². The van der Waals surface area contributed by atoms with E-state index in [2.05, 4.69) is 63.3 Å². The molecule has 1 saturated heterocycles. The lowest BCUT2D eigenvalue weighted by Gasteiger charge is -2.33. The maximum absolute atomic E-state index is 6.21. The first-order chi connectivity index (χ1) is 8.36. The van der Waals surface area contributed by atoms with E-state index in [1.165, 1.54) is 5.56 Å². The van der Waals surface area contributed by atoms with Crippen LogP contribution in [0.15, 0.2) is 30.3 Å². The molecule has 0 aromatic heterocycles. The second-order valence-electron chi connectivity index (χ2n) is 6.45. The molecule has 1 aromatic carbocycles. The molecule has 0 radical (unpaired) electrons. The highest BCUT2D eigenvalue weighted by Gasteiger charge is 2.48. The predicted octanol–water partition coefficient (Wildman–Crippen LogP) is 3.54. The second kappa shape index (κ2) is 4.67. The molecule has 0 spiro atoms. The molecule has 0 aliphatic carbocycles. The van der Waals surface area contributed by atoms with Gasteiger partial charge in [-0.15, -0.1) is 0 Å². The number of hydrogen-bond donors (Lipinski definition) is 1. The molecule has 2 atom stereocenters. The number of hydrogen-bond acceptors (Lipinski definition) is 2. The Balaban J connectivity index is 2.29. The molecule has 2 rings (SSSR count). The summed E-state index contributed by atoms with van der Waals surface area (Å²) in [6, 6.07) is 11.0. The van der Waals surface area contributed by atoms with E-state index in [4.69, 9.17) is 4.74 Å². The van der Waals surface area contributed by atoms with Crippen molar-refractivity contribution in [2.75, 3.05) is 7.05 Å². The Bertz CT molecular complexity index is 397. The summed E-state index contributed by atoms with van der Waals surface area (Å²) in [6.07, 6.45) is 1.08. The summed E-state index contributed by atoms with van der Waals surface area (Å²) in [5.74, 6) is 0.486. The van der Waals surface area contributed by atoms with Gasteiger partial charge in [0.05, 0.1) is 11.2 Å². The molecule has 1 heterocycles. The zero-order chi connectivity index (χ0) is 13.4. The fraction of sp³-hybridized carbons (Fsp3) is 0.625. The summed E-state index contributed by atoms with van der Waals surface area (Å²) in [5, 5.41) is 3.47. The van der Waals surface area contributed by atoms with E-state index in [9.17, 15) is 0 Å². The molecule has 0 saturated carbocycles. The highest BCUT2D eigenvalue weighted by molar-refractivity contribution is 5.21. The molecular weight excluding hydrogens is 222 g/mol. The molecule has 2 heteroatoms. The van der Waals surface area contributed by atoms with Crippen LogP contribution >= 0.6 is 0 Å². The van der Waals surface area contributed by atoms with Gasteiger partial charge in [0.25, 0.3) is 0 Å². The van der Waals surface area contributed by atoms with Crippen LogP contribution in [0.4, 0.5) is 0 Å². The van der Waals surface area contributed by atoms with Crippen LogP contribution < -0.4 is 5.32 Å². The van der Waals surface area contributed by atoms with Gasteiger partial charge in [-0.1, -0.05) is 30.3 Å². The first kappa shape index (κ1) is 13.6. The zero-order valence-corrected chi connectivity index (χ0v) is 12.2. The van der Waals surface area contributed by atoms with E-state index in [-0.39, 0.29) is 11.2 Å². The first-order valence-electron chi connectivity index (χ1n) is 6.78. The normalized spacial score (nSPS) is 27.1. The SMILES string of the molecule is CNC(c1ccccc1)C1CC(C)(C)OC1(C)C. The van der Waals surface area contributed by atoms with Gasteiger partial charge >= 0.3 is 0 Å². The Morgan fingerprint density at radius 3 is 2.22 bits per heavy atom. The van der Waals surface area contributed by atoms with E-state index in [0.29, 0.717) is 12.0 Å². The average Bonchev–Trinajstić information content (AvgIpc) is 2.50. The molecule has 1 aromatic rings. The Morgan fingerprint density at radius 1 is 1.17 bits per heavy atom. The summed E-state index contributed by atoms with van der Waals surface area (Å²) >= 11 is 0. The van der Waals surface area contributed by atoms with Crippen molar-refractivity contribution in [1.29, 1.82) is 0 Å². The van der Waals surface area contributed by atoms with Crippen LogP contribution in [-0.2, 0) is 4.74 Å². The third-order valence-electron chi connectivity index (χ3n) is 4.02. The summed E-state index contributed by atoms with van der Waals surface area (Å²) in [6.45, 7) is 8.79. The van der Waals surface area contributed by atoms with E-state index >= 15 is 0 Å². The smallest absolute Gasteiger partial charge is 0.0681 e. The molecule has 0 amide bonds. The standard InChI is InChI=1S/C16H25NO/c1-15(2)11-13(16(3,4)18-15)14(17-5)12-9-7-6-8-10-12/h6-10,13-14,17H,11H2,1-5H3. The molecule has 1 N–H and O–H groups in total. The Morgan fingerprint density at radius 2 is 1.78 bits per heavy atom. The van der Waals surface area contributed by atoms with Crippen molar-refractivity contribution in [3.8, 4) is 0 Å². The van der Waals surface area contributed by atoms with Crippen molar-refractivity contribution >= 4 is 0 Å². The molecule has 18 heavy (non-hydrogen) atoms. The predicted molar refractivity (Wildman–Crippen MR) is 75.6 cm³/mol. The Labute approximate surface area is 111 Å². The van der Waals surface area contributed by atoms with E-state index < -0.39 is 0 Å². The second-order valence-corrected chi connectivity index (χ2v) is 6.45. The Kier molecular flexibility index (Phi) is 3.52. The molecule has 1 aliphatic heterocycles. The van der Waals surface area contributed by atoms with Crippen molar-refractivity contribution in [2.24, 2.45) is 5.92 Å². The highest BCUT2D eigenvalue weighted by atomic mass is 16.5. The molecule has 1 aliphatic rings. The fourth-order valence-electron chi connectivity index (χ4n) is 3.38. The van der Waals surface area contributed by atoms with Crippen molar-refractivity contribution in [2.45, 2.75) is 51.4 Å². The quantitative estimate of drug-likeness (QED) is 0.882. The van der Waals surface area contributed by atoms with Crippen LogP contribution in [-0.4, -0.2) is 18.2 Å². The molecule has 100 valence electrons. The molecule has 2 unspecified atom stereocenters. The molecule has 1 fully saturated rings. The molecular formula is C16H25NO. The van der Waals surface area contributed by atoms with Gasteiger partial charge in [-0.05, 0) is 46.7 Å². The zero-order valence-electron chi connectivity index (χ0n) is 12.2. The maximum atomic E-state index is 6.21. The van der Waals surface area contributed by atoms with Crippen molar-refractivity contribution < 1.29 is 4.74 Å². The van der Waals surface area contributed by atoms with Gasteiger partial charge in [0.2, 0.25) is 0 Å². The van der Waals surface area contributed by atoms with E-state index in [0.717, 1.165) is 6.42 Å². The maximum Gasteiger partial charge on any atom is 0.0681 e. The van der Waals surface area contributed by atoms with Crippen LogP contribution in [0.1, 0.15) is 45.7 Å². The van der Waals surface area contributed by atoms with Crippen LogP contribution in [0, 0.1) is 5.92 Å². The summed E-state index contributed by atoms with van der Waals surface area (Å²) in [5.41, 5.74) is 1.23.